The van der Waals surface area contributed by atoms with Crippen molar-refractivity contribution in [3.63, 3.8) is 0 Å². The predicted molar refractivity (Wildman–Crippen MR) is 139 cm³/mol. The van der Waals surface area contributed by atoms with Crippen LogP contribution in [0.5, 0.6) is 0 Å². The predicted octanol–water partition coefficient (Wildman–Crippen LogP) is 2.41. The van der Waals surface area contributed by atoms with Gasteiger partial charge in [0, 0.05) is 39.3 Å². The molecule has 1 aliphatic heterocycles. The van der Waals surface area contributed by atoms with E-state index in [2.05, 4.69) is 19.8 Å². The SMILES string of the molecule is O=C(O)c1cccc(CN2CCCCCOCCN(Cc3cccc(C(=O)O)n3)CCOCCOCC2)n1. The Morgan fingerprint density at radius 1 is 0.632 bits per heavy atom. The molecular formula is C27H38N4O7. The van der Waals surface area contributed by atoms with Crippen LogP contribution in [0.3, 0.4) is 0 Å². The summed E-state index contributed by atoms with van der Waals surface area (Å²) in [6, 6.07) is 10.1. The van der Waals surface area contributed by atoms with Crippen LogP contribution in [0, 0.1) is 0 Å². The van der Waals surface area contributed by atoms with Gasteiger partial charge in [-0.05, 0) is 50.1 Å². The van der Waals surface area contributed by atoms with Crippen molar-refractivity contribution in [2.24, 2.45) is 0 Å². The third kappa shape index (κ3) is 11.2. The summed E-state index contributed by atoms with van der Waals surface area (Å²) in [5, 5.41) is 18.4. The maximum atomic E-state index is 11.2. The van der Waals surface area contributed by atoms with Crippen molar-refractivity contribution >= 4 is 11.9 Å². The number of ether oxygens (including phenoxy) is 3. The van der Waals surface area contributed by atoms with Crippen LogP contribution in [-0.2, 0) is 27.3 Å². The average molecular weight is 531 g/mol. The highest BCUT2D eigenvalue weighted by Crippen LogP contribution is 2.08. The number of aromatic carboxylic acids is 2. The molecule has 38 heavy (non-hydrogen) atoms. The number of pyridine rings is 2. The lowest BCUT2D eigenvalue weighted by molar-refractivity contribution is 0.0241. The van der Waals surface area contributed by atoms with Crippen molar-refractivity contribution in [3.05, 3.63) is 59.2 Å². The van der Waals surface area contributed by atoms with Crippen LogP contribution in [0.2, 0.25) is 0 Å². The van der Waals surface area contributed by atoms with Crippen molar-refractivity contribution in [1.29, 1.82) is 0 Å². The highest BCUT2D eigenvalue weighted by atomic mass is 16.5. The molecule has 2 aromatic heterocycles. The molecule has 2 aromatic rings. The first-order valence-electron chi connectivity index (χ1n) is 13.1. The summed E-state index contributed by atoms with van der Waals surface area (Å²) < 4.78 is 17.4. The molecule has 0 radical (unpaired) electrons. The third-order valence-electron chi connectivity index (χ3n) is 6.11. The Morgan fingerprint density at radius 3 is 1.61 bits per heavy atom. The maximum absolute atomic E-state index is 11.2. The molecule has 11 nitrogen and oxygen atoms in total. The van der Waals surface area contributed by atoms with E-state index in [9.17, 15) is 19.8 Å². The van der Waals surface area contributed by atoms with Gasteiger partial charge in [-0.25, -0.2) is 19.6 Å². The molecule has 0 spiro atoms. The van der Waals surface area contributed by atoms with Gasteiger partial charge in [0.2, 0.25) is 0 Å². The second-order valence-electron chi connectivity index (χ2n) is 9.09. The van der Waals surface area contributed by atoms with Crippen LogP contribution in [0.25, 0.3) is 0 Å². The molecule has 0 aromatic carbocycles. The van der Waals surface area contributed by atoms with Crippen LogP contribution >= 0.6 is 0 Å². The number of rotatable bonds is 6. The quantitative estimate of drug-likeness (QED) is 0.570. The van der Waals surface area contributed by atoms with Crippen LogP contribution in [-0.4, -0.2) is 108 Å². The number of aromatic nitrogens is 2. The minimum Gasteiger partial charge on any atom is -0.477 e. The van der Waals surface area contributed by atoms with Gasteiger partial charge in [-0.3, -0.25) is 9.80 Å². The Hall–Kier alpha value is -2.96. The first-order chi connectivity index (χ1) is 18.5. The summed E-state index contributed by atoms with van der Waals surface area (Å²) >= 11 is 0. The lowest BCUT2D eigenvalue weighted by Crippen LogP contribution is -2.32. The largest absolute Gasteiger partial charge is 0.477 e. The fourth-order valence-electron chi connectivity index (χ4n) is 4.09. The Labute approximate surface area is 223 Å². The van der Waals surface area contributed by atoms with Crippen LogP contribution in [0.4, 0.5) is 0 Å². The van der Waals surface area contributed by atoms with Gasteiger partial charge in [0.05, 0.1) is 44.4 Å². The van der Waals surface area contributed by atoms with E-state index >= 15 is 0 Å². The third-order valence-corrected chi connectivity index (χ3v) is 6.11. The average Bonchev–Trinajstić information content (AvgIpc) is 2.91. The molecule has 1 aliphatic rings. The van der Waals surface area contributed by atoms with Gasteiger partial charge in [-0.2, -0.15) is 0 Å². The van der Waals surface area contributed by atoms with E-state index in [1.807, 2.05) is 12.1 Å². The van der Waals surface area contributed by atoms with Gasteiger partial charge in [0.15, 0.2) is 0 Å². The molecule has 3 heterocycles. The normalized spacial score (nSPS) is 18.3. The van der Waals surface area contributed by atoms with Crippen molar-refractivity contribution < 1.29 is 34.0 Å². The summed E-state index contributed by atoms with van der Waals surface area (Å²) in [7, 11) is 0. The molecule has 0 bridgehead atoms. The Balaban J connectivity index is 1.48. The summed E-state index contributed by atoms with van der Waals surface area (Å²) in [6.45, 7) is 7.26. The number of carboxylic acid groups (broad SMARTS) is 2. The number of carbonyl (C=O) groups is 2. The van der Waals surface area contributed by atoms with Crippen molar-refractivity contribution in [2.45, 2.75) is 32.4 Å². The second kappa shape index (κ2) is 16.8. The van der Waals surface area contributed by atoms with Gasteiger partial charge >= 0.3 is 11.9 Å². The molecule has 1 saturated heterocycles. The lowest BCUT2D eigenvalue weighted by atomic mass is 10.2. The molecule has 11 heteroatoms. The summed E-state index contributed by atoms with van der Waals surface area (Å²) in [6.07, 6.45) is 2.95. The van der Waals surface area contributed by atoms with E-state index in [0.717, 1.165) is 31.5 Å². The van der Waals surface area contributed by atoms with E-state index in [0.29, 0.717) is 78.1 Å². The van der Waals surface area contributed by atoms with Crippen molar-refractivity contribution in [2.75, 3.05) is 65.8 Å². The fraction of sp³-hybridized carbons (Fsp3) is 0.556. The monoisotopic (exact) mass is 530 g/mol. The van der Waals surface area contributed by atoms with E-state index in [1.165, 1.54) is 12.1 Å². The highest BCUT2D eigenvalue weighted by molar-refractivity contribution is 5.85. The maximum Gasteiger partial charge on any atom is 0.354 e. The first-order valence-corrected chi connectivity index (χ1v) is 13.1. The van der Waals surface area contributed by atoms with Gasteiger partial charge in [0.1, 0.15) is 11.4 Å². The van der Waals surface area contributed by atoms with Crippen LogP contribution in [0.1, 0.15) is 51.6 Å². The summed E-state index contributed by atoms with van der Waals surface area (Å²) in [5.41, 5.74) is 1.52. The number of hydrogen-bond donors (Lipinski definition) is 2. The summed E-state index contributed by atoms with van der Waals surface area (Å²) in [5.74, 6) is -2.06. The van der Waals surface area contributed by atoms with E-state index < -0.39 is 11.9 Å². The van der Waals surface area contributed by atoms with Gasteiger partial charge in [0.25, 0.3) is 0 Å². The van der Waals surface area contributed by atoms with Gasteiger partial charge in [-0.1, -0.05) is 12.1 Å². The first kappa shape index (κ1) is 29.6. The number of hydrogen-bond acceptors (Lipinski definition) is 9. The zero-order valence-electron chi connectivity index (χ0n) is 21.8. The molecular weight excluding hydrogens is 492 g/mol. The molecule has 0 amide bonds. The van der Waals surface area contributed by atoms with Crippen molar-refractivity contribution in [1.82, 2.24) is 19.8 Å². The van der Waals surface area contributed by atoms with E-state index in [-0.39, 0.29) is 11.4 Å². The second-order valence-corrected chi connectivity index (χ2v) is 9.09. The zero-order chi connectivity index (χ0) is 27.0. The lowest BCUT2D eigenvalue weighted by Gasteiger charge is -2.23. The van der Waals surface area contributed by atoms with Gasteiger partial charge < -0.3 is 24.4 Å². The molecule has 1 fully saturated rings. The molecule has 208 valence electrons. The van der Waals surface area contributed by atoms with E-state index in [1.54, 1.807) is 12.1 Å². The Kier molecular flexibility index (Phi) is 13.1. The van der Waals surface area contributed by atoms with Crippen LogP contribution < -0.4 is 0 Å². The van der Waals surface area contributed by atoms with E-state index in [4.69, 9.17) is 14.2 Å². The Morgan fingerprint density at radius 2 is 1.11 bits per heavy atom. The molecule has 0 atom stereocenters. The topological polar surface area (TPSA) is 135 Å². The minimum absolute atomic E-state index is 0.0390. The molecule has 0 aliphatic carbocycles. The van der Waals surface area contributed by atoms with Crippen molar-refractivity contribution in [3.8, 4) is 0 Å². The van der Waals surface area contributed by atoms with Gasteiger partial charge in [-0.15, -0.1) is 0 Å². The highest BCUT2D eigenvalue weighted by Gasteiger charge is 2.12. The standard InChI is InChI=1S/C27H38N4O7/c32-26(33)24-8-4-6-22(28-24)20-30-10-2-1-3-14-36-15-12-31(13-17-38-19-18-37-16-11-30)21-23-7-5-9-25(29-23)27(34)35/h4-9H,1-3,10-21H2,(H,32,33)(H,34,35). The summed E-state index contributed by atoms with van der Waals surface area (Å²) in [4.78, 5) is 35.4. The molecule has 0 saturated carbocycles. The molecule has 2 N–H and O–H groups in total. The van der Waals surface area contributed by atoms with Crippen LogP contribution in [0.15, 0.2) is 36.4 Å². The zero-order valence-corrected chi connectivity index (χ0v) is 21.8. The molecule has 0 unspecified atom stereocenters. The Bertz CT molecular complexity index is 907. The number of nitrogens with zero attached hydrogens (tertiary/aromatic N) is 4. The number of carboxylic acids is 2. The smallest absolute Gasteiger partial charge is 0.354 e. The minimum atomic E-state index is -1.04. The fourth-order valence-corrected chi connectivity index (χ4v) is 4.09. The molecule has 3 rings (SSSR count).